The normalized spacial score (nSPS) is 14.8. The first-order chi connectivity index (χ1) is 12.4. The van der Waals surface area contributed by atoms with Gasteiger partial charge in [-0.2, -0.15) is 5.26 Å². The molecule has 1 aliphatic heterocycles. The second kappa shape index (κ2) is 7.14. The molecule has 1 aromatic carbocycles. The van der Waals surface area contributed by atoms with E-state index in [1.807, 2.05) is 6.07 Å². The van der Waals surface area contributed by atoms with Crippen LogP contribution >= 0.6 is 0 Å². The molecule has 1 saturated heterocycles. The van der Waals surface area contributed by atoms with Crippen molar-refractivity contribution in [3.8, 4) is 6.07 Å². The minimum absolute atomic E-state index is 0.142. The molecular weight excluding hydrogens is 352 g/mol. The Bertz CT molecular complexity index is 957. The summed E-state index contributed by atoms with van der Waals surface area (Å²) in [6.07, 6.45) is 2.66. The van der Waals surface area contributed by atoms with Gasteiger partial charge in [-0.1, -0.05) is 6.07 Å². The van der Waals surface area contributed by atoms with Gasteiger partial charge in [0.05, 0.1) is 10.5 Å². The molecule has 134 valence electrons. The third-order valence-corrected chi connectivity index (χ3v) is 5.39. The molecule has 1 fully saturated rings. The Morgan fingerprint density at radius 3 is 2.46 bits per heavy atom. The molecule has 0 saturated carbocycles. The van der Waals surface area contributed by atoms with Crippen molar-refractivity contribution in [1.82, 2.24) is 9.88 Å². The molecule has 1 amide bonds. The molecule has 0 bridgehead atoms. The molecule has 26 heavy (non-hydrogen) atoms. The van der Waals surface area contributed by atoms with Crippen LogP contribution in [0, 0.1) is 11.3 Å². The fraction of sp³-hybridized carbons (Fsp3) is 0.278. The zero-order valence-electron chi connectivity index (χ0n) is 14.3. The summed E-state index contributed by atoms with van der Waals surface area (Å²) in [4.78, 5) is 20.8. The van der Waals surface area contributed by atoms with Crippen molar-refractivity contribution in [2.45, 2.75) is 4.90 Å². The van der Waals surface area contributed by atoms with Gasteiger partial charge in [0.15, 0.2) is 9.84 Å². The van der Waals surface area contributed by atoms with Gasteiger partial charge in [0.25, 0.3) is 5.91 Å². The van der Waals surface area contributed by atoms with E-state index in [9.17, 15) is 13.2 Å². The monoisotopic (exact) mass is 370 g/mol. The van der Waals surface area contributed by atoms with Crippen LogP contribution in [0.1, 0.15) is 15.9 Å². The number of amides is 1. The van der Waals surface area contributed by atoms with E-state index in [1.54, 1.807) is 29.2 Å². The predicted octanol–water partition coefficient (Wildman–Crippen LogP) is 1.32. The van der Waals surface area contributed by atoms with Crippen LogP contribution in [0.4, 0.5) is 5.82 Å². The first-order valence-corrected chi connectivity index (χ1v) is 9.98. The Morgan fingerprint density at radius 1 is 1.15 bits per heavy atom. The van der Waals surface area contributed by atoms with Crippen molar-refractivity contribution in [3.05, 3.63) is 53.7 Å². The van der Waals surface area contributed by atoms with Gasteiger partial charge in [-0.25, -0.2) is 13.4 Å². The van der Waals surface area contributed by atoms with Crippen LogP contribution in [0.25, 0.3) is 0 Å². The van der Waals surface area contributed by atoms with Crippen molar-refractivity contribution in [2.24, 2.45) is 0 Å². The number of nitriles is 1. The molecule has 1 aromatic heterocycles. The minimum Gasteiger partial charge on any atom is -0.353 e. The maximum atomic E-state index is 12.7. The summed E-state index contributed by atoms with van der Waals surface area (Å²) < 4.78 is 23.3. The summed E-state index contributed by atoms with van der Waals surface area (Å²) >= 11 is 0. The molecule has 7 nitrogen and oxygen atoms in total. The van der Waals surface area contributed by atoms with Crippen LogP contribution in [0.2, 0.25) is 0 Å². The highest BCUT2D eigenvalue weighted by molar-refractivity contribution is 7.90. The van der Waals surface area contributed by atoms with Crippen LogP contribution in [0.3, 0.4) is 0 Å². The maximum Gasteiger partial charge on any atom is 0.254 e. The molecule has 0 N–H and O–H groups in total. The summed E-state index contributed by atoms with van der Waals surface area (Å²) in [7, 11) is -3.35. The summed E-state index contributed by atoms with van der Waals surface area (Å²) in [5.41, 5.74) is 0.881. The first-order valence-electron chi connectivity index (χ1n) is 8.09. The number of benzene rings is 1. The third-order valence-electron chi connectivity index (χ3n) is 4.28. The van der Waals surface area contributed by atoms with E-state index in [2.05, 4.69) is 9.88 Å². The Balaban J connectivity index is 1.68. The van der Waals surface area contributed by atoms with E-state index >= 15 is 0 Å². The molecule has 2 aromatic rings. The topological polar surface area (TPSA) is 94.4 Å². The Labute approximate surface area is 152 Å². The fourth-order valence-corrected chi connectivity index (χ4v) is 3.49. The highest BCUT2D eigenvalue weighted by Crippen LogP contribution is 2.17. The second-order valence-electron chi connectivity index (χ2n) is 6.10. The quantitative estimate of drug-likeness (QED) is 0.809. The van der Waals surface area contributed by atoms with Crippen LogP contribution in [-0.4, -0.2) is 56.6 Å². The van der Waals surface area contributed by atoms with Gasteiger partial charge < -0.3 is 9.80 Å². The second-order valence-corrected chi connectivity index (χ2v) is 8.11. The molecule has 3 rings (SSSR count). The molecule has 0 atom stereocenters. The van der Waals surface area contributed by atoms with Crippen molar-refractivity contribution >= 4 is 21.6 Å². The zero-order chi connectivity index (χ0) is 18.7. The number of carbonyl (C=O) groups excluding carboxylic acids is 1. The number of sulfone groups is 1. The molecule has 1 aliphatic rings. The first kappa shape index (κ1) is 17.9. The largest absolute Gasteiger partial charge is 0.353 e. The highest BCUT2D eigenvalue weighted by Gasteiger charge is 2.23. The smallest absolute Gasteiger partial charge is 0.254 e. The average Bonchev–Trinajstić information content (AvgIpc) is 2.67. The summed E-state index contributed by atoms with van der Waals surface area (Å²) in [5, 5.41) is 8.83. The van der Waals surface area contributed by atoms with Crippen LogP contribution in [0.5, 0.6) is 0 Å². The minimum atomic E-state index is -3.35. The van der Waals surface area contributed by atoms with Crippen molar-refractivity contribution in [1.29, 1.82) is 5.26 Å². The van der Waals surface area contributed by atoms with Gasteiger partial charge in [-0.05, 0) is 30.3 Å². The van der Waals surface area contributed by atoms with E-state index in [-0.39, 0.29) is 10.8 Å². The van der Waals surface area contributed by atoms with Gasteiger partial charge in [0, 0.05) is 44.2 Å². The maximum absolute atomic E-state index is 12.7. The molecule has 8 heteroatoms. The number of carbonyl (C=O) groups is 1. The number of anilines is 1. The number of nitrogens with zero attached hydrogens (tertiary/aromatic N) is 4. The van der Waals surface area contributed by atoms with Gasteiger partial charge >= 0.3 is 0 Å². The molecule has 0 unspecified atom stereocenters. The lowest BCUT2D eigenvalue weighted by Crippen LogP contribution is -2.49. The number of hydrogen-bond donors (Lipinski definition) is 0. The zero-order valence-corrected chi connectivity index (χ0v) is 15.1. The highest BCUT2D eigenvalue weighted by atomic mass is 32.2. The van der Waals surface area contributed by atoms with Crippen LogP contribution < -0.4 is 4.90 Å². The van der Waals surface area contributed by atoms with Gasteiger partial charge in [-0.15, -0.1) is 0 Å². The number of rotatable bonds is 3. The Hall–Kier alpha value is -2.92. The Kier molecular flexibility index (Phi) is 4.91. The lowest BCUT2D eigenvalue weighted by Gasteiger charge is -2.35. The SMILES string of the molecule is CS(=O)(=O)c1cccc(C(=O)N2CCN(c3ccc(C#N)cn3)CC2)c1. The molecule has 0 aliphatic carbocycles. The lowest BCUT2D eigenvalue weighted by molar-refractivity contribution is 0.0746. The van der Waals surface area contributed by atoms with Gasteiger partial charge in [0.1, 0.15) is 11.9 Å². The molecule has 0 radical (unpaired) electrons. The summed E-state index contributed by atoms with van der Waals surface area (Å²) in [6.45, 7) is 2.28. The van der Waals surface area contributed by atoms with E-state index in [1.165, 1.54) is 18.3 Å². The predicted molar refractivity (Wildman–Crippen MR) is 96.6 cm³/mol. The number of piperazine rings is 1. The van der Waals surface area contributed by atoms with E-state index in [0.29, 0.717) is 37.3 Å². The average molecular weight is 370 g/mol. The summed E-state index contributed by atoms with van der Waals surface area (Å²) in [6, 6.07) is 11.7. The number of aromatic nitrogens is 1. The van der Waals surface area contributed by atoms with E-state index in [4.69, 9.17) is 5.26 Å². The third kappa shape index (κ3) is 3.83. The van der Waals surface area contributed by atoms with E-state index in [0.717, 1.165) is 12.1 Å². The Morgan fingerprint density at radius 2 is 1.88 bits per heavy atom. The van der Waals surface area contributed by atoms with Crippen LogP contribution in [-0.2, 0) is 9.84 Å². The standard InChI is InChI=1S/C18H18N4O3S/c1-26(24,25)16-4-2-3-15(11-16)18(23)22-9-7-21(8-10-22)17-6-5-14(12-19)13-20-17/h2-6,11,13H,7-10H2,1H3. The molecule has 2 heterocycles. The fourth-order valence-electron chi connectivity index (χ4n) is 2.82. The lowest BCUT2D eigenvalue weighted by atomic mass is 10.2. The number of hydrogen-bond acceptors (Lipinski definition) is 6. The molecule has 0 spiro atoms. The molecular formula is C18H18N4O3S. The van der Waals surface area contributed by atoms with Gasteiger partial charge in [-0.3, -0.25) is 4.79 Å². The number of pyridine rings is 1. The van der Waals surface area contributed by atoms with Gasteiger partial charge in [0.2, 0.25) is 0 Å². The summed E-state index contributed by atoms with van der Waals surface area (Å²) in [5.74, 6) is 0.595. The van der Waals surface area contributed by atoms with E-state index < -0.39 is 9.84 Å². The van der Waals surface area contributed by atoms with Crippen molar-refractivity contribution in [2.75, 3.05) is 37.3 Å². The van der Waals surface area contributed by atoms with Crippen molar-refractivity contribution < 1.29 is 13.2 Å². The van der Waals surface area contributed by atoms with Crippen LogP contribution in [0.15, 0.2) is 47.5 Å². The van der Waals surface area contributed by atoms with Crippen molar-refractivity contribution in [3.63, 3.8) is 0 Å².